The molecule has 1 aromatic carbocycles. The van der Waals surface area contributed by atoms with Crippen LogP contribution in [0.2, 0.25) is 5.02 Å². The van der Waals surface area contributed by atoms with Gasteiger partial charge in [-0.25, -0.2) is 4.39 Å². The van der Waals surface area contributed by atoms with Gasteiger partial charge in [-0.05, 0) is 59.1 Å². The Morgan fingerprint density at radius 2 is 2.04 bits per heavy atom. The molecular weight excluding hydrogens is 457 g/mol. The zero-order valence-corrected chi connectivity index (χ0v) is 16.9. The molecule has 1 N–H and O–H groups in total. The Morgan fingerprint density at radius 3 is 2.70 bits per heavy atom. The van der Waals surface area contributed by atoms with Gasteiger partial charge in [0.05, 0.1) is 16.0 Å². The van der Waals surface area contributed by atoms with Gasteiger partial charge in [-0.15, -0.1) is 0 Å². The predicted octanol–water partition coefficient (Wildman–Crippen LogP) is 5.48. The number of ketones is 1. The van der Waals surface area contributed by atoms with Crippen LogP contribution < -0.4 is 0 Å². The Labute approximate surface area is 171 Å². The molecule has 0 bridgehead atoms. The van der Waals surface area contributed by atoms with Gasteiger partial charge in [0.15, 0.2) is 5.78 Å². The van der Waals surface area contributed by atoms with Crippen LogP contribution in [-0.4, -0.2) is 21.3 Å². The van der Waals surface area contributed by atoms with Gasteiger partial charge in [-0.3, -0.25) is 9.59 Å². The van der Waals surface area contributed by atoms with Gasteiger partial charge in [-0.1, -0.05) is 23.4 Å². The van der Waals surface area contributed by atoms with E-state index in [1.807, 2.05) is 12.1 Å². The summed E-state index contributed by atoms with van der Waals surface area (Å²) in [6.45, 7) is 0. The molecule has 3 aromatic rings. The highest BCUT2D eigenvalue weighted by Crippen LogP contribution is 2.44. The molecule has 0 amide bonds. The molecule has 2 aromatic heterocycles. The second-order valence-corrected chi connectivity index (χ2v) is 8.60. The number of hydrogen-bond acceptors (Lipinski definition) is 3. The van der Waals surface area contributed by atoms with Crippen molar-refractivity contribution in [2.45, 2.75) is 22.6 Å². The van der Waals surface area contributed by atoms with Crippen LogP contribution in [0.3, 0.4) is 0 Å². The van der Waals surface area contributed by atoms with Crippen LogP contribution in [0.15, 0.2) is 50.8 Å². The van der Waals surface area contributed by atoms with Crippen LogP contribution in [0.4, 0.5) is 4.39 Å². The van der Waals surface area contributed by atoms with Crippen molar-refractivity contribution in [1.82, 2.24) is 4.40 Å². The van der Waals surface area contributed by atoms with Crippen LogP contribution in [-0.2, 0) is 11.2 Å². The molecule has 27 heavy (non-hydrogen) atoms. The molecular formula is C19H12BrClFNO3S. The van der Waals surface area contributed by atoms with Crippen molar-refractivity contribution in [3.63, 3.8) is 0 Å². The van der Waals surface area contributed by atoms with Gasteiger partial charge in [0.25, 0.3) is 0 Å². The molecule has 0 aliphatic heterocycles. The number of nitrogens with zero attached hydrogens (tertiary/aromatic N) is 1. The minimum atomic E-state index is -1.13. The highest BCUT2D eigenvalue weighted by atomic mass is 79.9. The molecule has 8 heteroatoms. The van der Waals surface area contributed by atoms with E-state index in [1.165, 1.54) is 24.0 Å². The Balaban J connectivity index is 1.97. The summed E-state index contributed by atoms with van der Waals surface area (Å²) in [5.41, 5.74) is 1.66. The number of carboxylic acid groups (broad SMARTS) is 1. The quantitative estimate of drug-likeness (QED) is 0.518. The van der Waals surface area contributed by atoms with Gasteiger partial charge in [0, 0.05) is 26.3 Å². The van der Waals surface area contributed by atoms with E-state index in [1.54, 1.807) is 16.5 Å². The van der Waals surface area contributed by atoms with E-state index in [0.29, 0.717) is 37.6 Å². The molecule has 1 aliphatic rings. The number of pyridine rings is 1. The van der Waals surface area contributed by atoms with Crippen LogP contribution in [0.1, 0.15) is 22.5 Å². The molecule has 0 saturated carbocycles. The lowest BCUT2D eigenvalue weighted by molar-refractivity contribution is -0.140. The topological polar surface area (TPSA) is 58.8 Å². The Hall–Kier alpha value is -1.83. The second-order valence-electron chi connectivity index (χ2n) is 6.23. The summed E-state index contributed by atoms with van der Waals surface area (Å²) in [5.74, 6) is -3.09. The lowest BCUT2D eigenvalue weighted by Gasteiger charge is -2.18. The number of hydrogen-bond donors (Lipinski definition) is 1. The summed E-state index contributed by atoms with van der Waals surface area (Å²) in [5, 5.41) is 9.99. The van der Waals surface area contributed by atoms with Crippen molar-refractivity contribution in [1.29, 1.82) is 0 Å². The van der Waals surface area contributed by atoms with Crippen LogP contribution in [0, 0.1) is 11.7 Å². The zero-order chi connectivity index (χ0) is 19.3. The number of halogens is 3. The van der Waals surface area contributed by atoms with Crippen LogP contribution in [0.5, 0.6) is 0 Å². The maximum atomic E-state index is 14.0. The standard InChI is InChI=1S/C19H12BrClFNO3S/c20-13-7-10(22)8-23-14-6-5-12(19(25)26)17(24)15(14)18(16(13)23)27-11-3-1-9(21)2-4-11/h1-4,7-8,12H,5-6H2,(H,25,26). The number of benzene rings is 1. The van der Waals surface area contributed by atoms with Crippen LogP contribution in [0.25, 0.3) is 5.52 Å². The minimum Gasteiger partial charge on any atom is -0.481 e. The van der Waals surface area contributed by atoms with Crippen molar-refractivity contribution in [3.05, 3.63) is 63.1 Å². The highest BCUT2D eigenvalue weighted by molar-refractivity contribution is 9.10. The van der Waals surface area contributed by atoms with Gasteiger partial charge in [0.2, 0.25) is 0 Å². The van der Waals surface area contributed by atoms with E-state index < -0.39 is 23.5 Å². The number of carbonyl (C=O) groups is 2. The summed E-state index contributed by atoms with van der Waals surface area (Å²) in [6, 6.07) is 8.47. The molecule has 1 unspecified atom stereocenters. The number of Topliss-reactive ketones (excluding diaryl/α,β-unsaturated/α-hetero) is 1. The third-order valence-corrected chi connectivity index (χ3v) is 6.54. The van der Waals surface area contributed by atoms with Gasteiger partial charge in [0.1, 0.15) is 11.7 Å². The first-order valence-corrected chi connectivity index (χ1v) is 10.1. The fourth-order valence-electron chi connectivity index (χ4n) is 3.37. The summed E-state index contributed by atoms with van der Waals surface area (Å²) in [6.07, 6.45) is 1.92. The zero-order valence-electron chi connectivity index (χ0n) is 13.7. The highest BCUT2D eigenvalue weighted by Gasteiger charge is 2.38. The van der Waals surface area contributed by atoms with Crippen molar-refractivity contribution < 1.29 is 19.1 Å². The molecule has 1 atom stereocenters. The first kappa shape index (κ1) is 18.5. The van der Waals surface area contributed by atoms with Gasteiger partial charge >= 0.3 is 5.97 Å². The third kappa shape index (κ3) is 3.17. The number of carbonyl (C=O) groups excluding carboxylic acids is 1. The lowest BCUT2D eigenvalue weighted by atomic mass is 9.86. The molecule has 0 radical (unpaired) electrons. The average molecular weight is 469 g/mol. The lowest BCUT2D eigenvalue weighted by Crippen LogP contribution is -2.29. The number of aryl methyl sites for hydroxylation is 1. The van der Waals surface area contributed by atoms with Crippen molar-refractivity contribution in [2.24, 2.45) is 5.92 Å². The van der Waals surface area contributed by atoms with Gasteiger partial charge in [-0.2, -0.15) is 0 Å². The molecule has 0 saturated heterocycles. The van der Waals surface area contributed by atoms with E-state index in [2.05, 4.69) is 15.9 Å². The van der Waals surface area contributed by atoms with Crippen molar-refractivity contribution in [2.75, 3.05) is 0 Å². The Bertz CT molecular complexity index is 1100. The third-order valence-electron chi connectivity index (χ3n) is 4.57. The normalized spacial score (nSPS) is 16.6. The molecule has 138 valence electrons. The minimum absolute atomic E-state index is 0.201. The Morgan fingerprint density at radius 1 is 1.33 bits per heavy atom. The Kier molecular flexibility index (Phi) is 4.78. The number of aromatic nitrogens is 1. The van der Waals surface area contributed by atoms with E-state index in [4.69, 9.17) is 11.6 Å². The fraction of sp³-hybridized carbons (Fsp3) is 0.158. The first-order chi connectivity index (χ1) is 12.9. The summed E-state index contributed by atoms with van der Waals surface area (Å²) >= 11 is 10.7. The van der Waals surface area contributed by atoms with Gasteiger partial charge < -0.3 is 9.51 Å². The van der Waals surface area contributed by atoms with E-state index in [-0.39, 0.29) is 6.42 Å². The first-order valence-electron chi connectivity index (χ1n) is 8.09. The van der Waals surface area contributed by atoms with Crippen LogP contribution >= 0.6 is 39.3 Å². The number of rotatable bonds is 3. The monoisotopic (exact) mass is 467 g/mol. The van der Waals surface area contributed by atoms with E-state index >= 15 is 0 Å². The number of aliphatic carboxylic acids is 1. The molecule has 2 heterocycles. The average Bonchev–Trinajstić information content (AvgIpc) is 2.91. The SMILES string of the molecule is O=C(O)C1CCc2c(c(Sc3ccc(Cl)cc3)c3c(Br)cc(F)cn23)C1=O. The number of carboxylic acids is 1. The summed E-state index contributed by atoms with van der Waals surface area (Å²) in [7, 11) is 0. The smallest absolute Gasteiger partial charge is 0.314 e. The van der Waals surface area contributed by atoms with Crippen molar-refractivity contribution >= 4 is 56.6 Å². The molecule has 4 rings (SSSR count). The number of fused-ring (bicyclic) bond motifs is 3. The summed E-state index contributed by atoms with van der Waals surface area (Å²) < 4.78 is 16.2. The van der Waals surface area contributed by atoms with E-state index in [0.717, 1.165) is 4.90 Å². The summed E-state index contributed by atoms with van der Waals surface area (Å²) in [4.78, 5) is 25.9. The van der Waals surface area contributed by atoms with E-state index in [9.17, 15) is 19.1 Å². The second kappa shape index (κ2) is 6.96. The molecule has 0 spiro atoms. The predicted molar refractivity (Wildman–Crippen MR) is 104 cm³/mol. The van der Waals surface area contributed by atoms with Crippen molar-refractivity contribution in [3.8, 4) is 0 Å². The largest absolute Gasteiger partial charge is 0.481 e. The molecule has 1 aliphatic carbocycles. The maximum Gasteiger partial charge on any atom is 0.314 e. The molecule has 0 fully saturated rings. The molecule has 4 nitrogen and oxygen atoms in total. The fourth-order valence-corrected chi connectivity index (χ4v) is 5.37. The maximum absolute atomic E-state index is 14.0.